The molecule has 0 aromatic heterocycles. The summed E-state index contributed by atoms with van der Waals surface area (Å²) in [4.78, 5) is 39.2. The van der Waals surface area contributed by atoms with E-state index >= 15 is 0 Å². The largest absolute Gasteiger partial charge is 0.496 e. The van der Waals surface area contributed by atoms with Crippen LogP contribution in [0.15, 0.2) is 22.7 Å². The van der Waals surface area contributed by atoms with E-state index in [0.717, 1.165) is 27.5 Å². The Morgan fingerprint density at radius 1 is 1.40 bits per heavy atom. The van der Waals surface area contributed by atoms with Crippen molar-refractivity contribution >= 4 is 44.7 Å². The summed E-state index contributed by atoms with van der Waals surface area (Å²) < 4.78 is 6.28. The van der Waals surface area contributed by atoms with E-state index < -0.39 is 0 Å². The highest BCUT2D eigenvalue weighted by molar-refractivity contribution is 9.10. The third kappa shape index (κ3) is 4.00. The molecule has 3 amide bonds. The molecule has 1 aromatic carbocycles. The smallest absolute Gasteiger partial charge is 0.289 e. The summed E-state index contributed by atoms with van der Waals surface area (Å²) in [5.41, 5.74) is 0.974. The molecule has 2 heterocycles. The number of carbonyl (C=O) groups is 3. The van der Waals surface area contributed by atoms with Gasteiger partial charge in [-0.05, 0) is 36.6 Å². The van der Waals surface area contributed by atoms with E-state index in [0.29, 0.717) is 32.4 Å². The number of thioether (sulfide) groups is 1. The number of imide groups is 1. The lowest BCUT2D eigenvalue weighted by Crippen LogP contribution is -2.41. The van der Waals surface area contributed by atoms with Crippen molar-refractivity contribution in [2.24, 2.45) is 0 Å². The Bertz CT molecular complexity index is 696. The Kier molecular flexibility index (Phi) is 5.68. The highest BCUT2D eigenvalue weighted by atomic mass is 79.9. The Morgan fingerprint density at radius 2 is 2.20 bits per heavy atom. The maximum atomic E-state index is 12.5. The van der Waals surface area contributed by atoms with Gasteiger partial charge in [0.2, 0.25) is 11.8 Å². The fourth-order valence-corrected chi connectivity index (χ4v) is 4.42. The number of halogens is 1. The molecule has 2 fully saturated rings. The van der Waals surface area contributed by atoms with Crippen LogP contribution < -0.4 is 4.74 Å². The maximum Gasteiger partial charge on any atom is 0.289 e. The van der Waals surface area contributed by atoms with Crippen LogP contribution in [0.3, 0.4) is 0 Å². The number of likely N-dealkylation sites (tertiary alicyclic amines) is 1. The van der Waals surface area contributed by atoms with Gasteiger partial charge in [0.25, 0.3) is 5.24 Å². The quantitative estimate of drug-likeness (QED) is 0.723. The van der Waals surface area contributed by atoms with Gasteiger partial charge in [0, 0.05) is 24.0 Å². The fraction of sp³-hybridized carbons (Fsp3) is 0.471. The van der Waals surface area contributed by atoms with E-state index in [1.807, 2.05) is 18.2 Å². The van der Waals surface area contributed by atoms with Crippen molar-refractivity contribution in [3.63, 3.8) is 0 Å². The molecular weight excluding hydrogens is 408 g/mol. The minimum absolute atomic E-state index is 0.0382. The number of ether oxygens (including phenoxy) is 1. The van der Waals surface area contributed by atoms with Crippen molar-refractivity contribution in [3.8, 4) is 5.75 Å². The van der Waals surface area contributed by atoms with Crippen molar-refractivity contribution in [1.29, 1.82) is 0 Å². The Labute approximate surface area is 159 Å². The summed E-state index contributed by atoms with van der Waals surface area (Å²) in [6.07, 6.45) is 1.61. The lowest BCUT2D eigenvalue weighted by atomic mass is 10.1. The van der Waals surface area contributed by atoms with Crippen LogP contribution in [0.5, 0.6) is 5.75 Å². The van der Waals surface area contributed by atoms with E-state index in [-0.39, 0.29) is 28.8 Å². The zero-order valence-electron chi connectivity index (χ0n) is 13.9. The Balaban J connectivity index is 1.57. The maximum absolute atomic E-state index is 12.5. The van der Waals surface area contributed by atoms with E-state index in [1.54, 1.807) is 12.0 Å². The molecule has 0 saturated carbocycles. The van der Waals surface area contributed by atoms with Crippen LogP contribution in [-0.4, -0.2) is 58.8 Å². The van der Waals surface area contributed by atoms with Gasteiger partial charge in [-0.2, -0.15) is 0 Å². The fourth-order valence-electron chi connectivity index (χ4n) is 3.24. The minimum Gasteiger partial charge on any atom is -0.496 e. The van der Waals surface area contributed by atoms with E-state index in [9.17, 15) is 14.4 Å². The standard InChI is InChI=1S/C17H19BrN2O4S/c1-24-14-4-3-12(18)8-11(14)2-5-15(21)19-7-6-13(9-19)20-16(22)10-25-17(20)23/h3-4,8,13H,2,5-7,9-10H2,1H3/t13-/m0/s1. The number of rotatable bonds is 5. The van der Waals surface area contributed by atoms with E-state index in [2.05, 4.69) is 15.9 Å². The highest BCUT2D eigenvalue weighted by Crippen LogP contribution is 2.27. The number of hydrogen-bond donors (Lipinski definition) is 0. The molecule has 0 aliphatic carbocycles. The number of benzene rings is 1. The molecule has 2 aliphatic heterocycles. The minimum atomic E-state index is -0.192. The summed E-state index contributed by atoms with van der Waals surface area (Å²) in [6.45, 7) is 1.02. The van der Waals surface area contributed by atoms with E-state index in [1.165, 1.54) is 4.90 Å². The zero-order valence-corrected chi connectivity index (χ0v) is 16.3. The number of amides is 3. The summed E-state index contributed by atoms with van der Waals surface area (Å²) in [5, 5.41) is -0.192. The Hall–Kier alpha value is -1.54. The van der Waals surface area contributed by atoms with Crippen LogP contribution in [0.2, 0.25) is 0 Å². The van der Waals surface area contributed by atoms with Crippen LogP contribution in [-0.2, 0) is 16.0 Å². The average molecular weight is 427 g/mol. The van der Waals surface area contributed by atoms with Gasteiger partial charge in [0.15, 0.2) is 0 Å². The first-order valence-corrected chi connectivity index (χ1v) is 9.86. The normalized spacial score (nSPS) is 20.5. The van der Waals surface area contributed by atoms with Gasteiger partial charge in [-0.1, -0.05) is 27.7 Å². The lowest BCUT2D eigenvalue weighted by molar-refractivity contribution is -0.131. The molecular formula is C17H19BrN2O4S. The third-order valence-electron chi connectivity index (χ3n) is 4.52. The van der Waals surface area contributed by atoms with Gasteiger partial charge < -0.3 is 9.64 Å². The first kappa shape index (κ1) is 18.3. The van der Waals surface area contributed by atoms with Gasteiger partial charge in [0.1, 0.15) is 5.75 Å². The second kappa shape index (κ2) is 7.78. The molecule has 0 spiro atoms. The monoisotopic (exact) mass is 426 g/mol. The van der Waals surface area contributed by atoms with Crippen molar-refractivity contribution in [1.82, 2.24) is 9.80 Å². The summed E-state index contributed by atoms with van der Waals surface area (Å²) >= 11 is 4.47. The van der Waals surface area contributed by atoms with Crippen LogP contribution in [0.1, 0.15) is 18.4 Å². The average Bonchev–Trinajstić information content (AvgIpc) is 3.19. The van der Waals surface area contributed by atoms with Crippen molar-refractivity contribution in [2.45, 2.75) is 25.3 Å². The second-order valence-electron chi connectivity index (χ2n) is 6.06. The molecule has 2 saturated heterocycles. The van der Waals surface area contributed by atoms with Gasteiger partial charge in [-0.3, -0.25) is 19.3 Å². The highest BCUT2D eigenvalue weighted by Gasteiger charge is 2.40. The molecule has 6 nitrogen and oxygen atoms in total. The summed E-state index contributed by atoms with van der Waals surface area (Å²) in [7, 11) is 1.61. The van der Waals surface area contributed by atoms with Gasteiger partial charge >= 0.3 is 0 Å². The molecule has 1 atom stereocenters. The molecule has 3 rings (SSSR count). The molecule has 25 heavy (non-hydrogen) atoms. The number of hydrogen-bond acceptors (Lipinski definition) is 5. The number of nitrogens with zero attached hydrogens (tertiary/aromatic N) is 2. The molecule has 0 radical (unpaired) electrons. The van der Waals surface area contributed by atoms with Gasteiger partial charge in [0.05, 0.1) is 18.9 Å². The van der Waals surface area contributed by atoms with Crippen molar-refractivity contribution in [2.75, 3.05) is 26.0 Å². The van der Waals surface area contributed by atoms with E-state index in [4.69, 9.17) is 4.74 Å². The molecule has 1 aromatic rings. The van der Waals surface area contributed by atoms with Crippen molar-refractivity contribution in [3.05, 3.63) is 28.2 Å². The van der Waals surface area contributed by atoms with Crippen molar-refractivity contribution < 1.29 is 19.1 Å². The Morgan fingerprint density at radius 3 is 2.88 bits per heavy atom. The zero-order chi connectivity index (χ0) is 18.0. The van der Waals surface area contributed by atoms with Crippen LogP contribution >= 0.6 is 27.7 Å². The summed E-state index contributed by atoms with van der Waals surface area (Å²) in [6, 6.07) is 5.55. The predicted molar refractivity (Wildman–Crippen MR) is 98.7 cm³/mol. The summed E-state index contributed by atoms with van der Waals surface area (Å²) in [5.74, 6) is 0.872. The molecule has 0 bridgehead atoms. The number of methoxy groups -OCH3 is 1. The first-order valence-electron chi connectivity index (χ1n) is 8.08. The molecule has 0 N–H and O–H groups in total. The SMILES string of the molecule is COc1ccc(Br)cc1CCC(=O)N1CC[C@H](N2C(=O)CSC2=O)C1. The van der Waals surface area contributed by atoms with Crippen LogP contribution in [0, 0.1) is 0 Å². The topological polar surface area (TPSA) is 66.9 Å². The molecule has 2 aliphatic rings. The van der Waals surface area contributed by atoms with Gasteiger partial charge in [-0.25, -0.2) is 0 Å². The molecule has 0 unspecified atom stereocenters. The third-order valence-corrected chi connectivity index (χ3v) is 5.84. The van der Waals surface area contributed by atoms with Crippen LogP contribution in [0.4, 0.5) is 4.79 Å². The predicted octanol–water partition coefficient (Wildman–Crippen LogP) is 2.69. The van der Waals surface area contributed by atoms with Gasteiger partial charge in [-0.15, -0.1) is 0 Å². The number of aryl methyl sites for hydroxylation is 1. The number of carbonyl (C=O) groups excluding carboxylic acids is 3. The lowest BCUT2D eigenvalue weighted by Gasteiger charge is -2.22. The molecule has 134 valence electrons. The van der Waals surface area contributed by atoms with Crippen LogP contribution in [0.25, 0.3) is 0 Å². The first-order chi connectivity index (χ1) is 12.0. The molecule has 8 heteroatoms. The second-order valence-corrected chi connectivity index (χ2v) is 7.90.